The van der Waals surface area contributed by atoms with Crippen molar-refractivity contribution in [2.75, 3.05) is 6.61 Å². The van der Waals surface area contributed by atoms with E-state index in [-0.39, 0.29) is 17.2 Å². The lowest BCUT2D eigenvalue weighted by molar-refractivity contribution is -0.122. The van der Waals surface area contributed by atoms with Crippen molar-refractivity contribution in [3.05, 3.63) is 131 Å². The van der Waals surface area contributed by atoms with Crippen LogP contribution in [0.3, 0.4) is 0 Å². The molecule has 1 amide bonds. The highest BCUT2D eigenvalue weighted by molar-refractivity contribution is 5.92. The molecule has 6 nitrogen and oxygen atoms in total. The fourth-order valence-corrected chi connectivity index (χ4v) is 4.79. The second-order valence-electron chi connectivity index (χ2n) is 9.09. The molecule has 1 fully saturated rings. The smallest absolute Gasteiger partial charge is 0.343 e. The Morgan fingerprint density at radius 3 is 2.08 bits per heavy atom. The van der Waals surface area contributed by atoms with E-state index in [1.54, 1.807) is 48.7 Å². The Balaban J connectivity index is 1.28. The maximum Gasteiger partial charge on any atom is 0.343 e. The first kappa shape index (κ1) is 25.0. The molecule has 0 unspecified atom stereocenters. The van der Waals surface area contributed by atoms with E-state index in [1.807, 2.05) is 49.4 Å². The summed E-state index contributed by atoms with van der Waals surface area (Å²) in [7, 11) is 0. The Hall–Kier alpha value is -4.71. The van der Waals surface area contributed by atoms with Crippen molar-refractivity contribution < 1.29 is 19.1 Å². The summed E-state index contributed by atoms with van der Waals surface area (Å²) in [5.41, 5.74) is 5.75. The molecule has 0 saturated heterocycles. The van der Waals surface area contributed by atoms with Gasteiger partial charge in [0, 0.05) is 5.41 Å². The molecule has 0 radical (unpaired) electrons. The van der Waals surface area contributed by atoms with Gasteiger partial charge in [-0.25, -0.2) is 10.2 Å². The molecule has 1 saturated carbocycles. The second kappa shape index (κ2) is 11.1. The number of esters is 1. The highest BCUT2D eigenvalue weighted by Gasteiger charge is 2.60. The molecule has 38 heavy (non-hydrogen) atoms. The van der Waals surface area contributed by atoms with E-state index in [4.69, 9.17) is 9.47 Å². The summed E-state index contributed by atoms with van der Waals surface area (Å²) in [6.45, 7) is 2.25. The van der Waals surface area contributed by atoms with Gasteiger partial charge in [-0.2, -0.15) is 5.10 Å². The van der Waals surface area contributed by atoms with Gasteiger partial charge in [-0.1, -0.05) is 78.9 Å². The van der Waals surface area contributed by atoms with Crippen LogP contribution in [0.15, 0.2) is 114 Å². The number of benzene rings is 4. The van der Waals surface area contributed by atoms with Gasteiger partial charge in [-0.15, -0.1) is 0 Å². The SMILES string of the molecule is CCOc1cc(/C=N\NC(=O)[C@H]2CC2(c2ccccc2)c2ccccc2)ccc1OC(=O)c1ccccc1. The molecule has 4 aromatic carbocycles. The summed E-state index contributed by atoms with van der Waals surface area (Å²) < 4.78 is 11.2. The number of ether oxygens (including phenoxy) is 2. The number of amides is 1. The molecule has 6 heteroatoms. The van der Waals surface area contributed by atoms with Crippen molar-refractivity contribution in [1.29, 1.82) is 0 Å². The number of rotatable bonds is 9. The average molecular weight is 505 g/mol. The number of carbonyl (C=O) groups is 2. The molecule has 0 aliphatic heterocycles. The predicted molar refractivity (Wildman–Crippen MR) is 147 cm³/mol. The quantitative estimate of drug-likeness (QED) is 0.136. The second-order valence-corrected chi connectivity index (χ2v) is 9.09. The van der Waals surface area contributed by atoms with E-state index in [9.17, 15) is 9.59 Å². The molecule has 190 valence electrons. The van der Waals surface area contributed by atoms with Crippen molar-refractivity contribution in [3.63, 3.8) is 0 Å². The summed E-state index contributed by atoms with van der Waals surface area (Å²) >= 11 is 0. The minimum Gasteiger partial charge on any atom is -0.490 e. The summed E-state index contributed by atoms with van der Waals surface area (Å²) in [5, 5.41) is 4.21. The fraction of sp³-hybridized carbons (Fsp3) is 0.156. The zero-order chi connectivity index (χ0) is 26.4. The first-order chi connectivity index (χ1) is 18.6. The van der Waals surface area contributed by atoms with Gasteiger partial charge >= 0.3 is 5.97 Å². The zero-order valence-corrected chi connectivity index (χ0v) is 21.0. The van der Waals surface area contributed by atoms with Crippen LogP contribution in [0.2, 0.25) is 0 Å². The van der Waals surface area contributed by atoms with Crippen LogP contribution in [0.25, 0.3) is 0 Å². The number of hydrogen-bond donors (Lipinski definition) is 1. The Morgan fingerprint density at radius 1 is 0.868 bits per heavy atom. The first-order valence-corrected chi connectivity index (χ1v) is 12.6. The first-order valence-electron chi connectivity index (χ1n) is 12.6. The van der Waals surface area contributed by atoms with Gasteiger partial charge in [-0.3, -0.25) is 4.79 Å². The van der Waals surface area contributed by atoms with Crippen LogP contribution in [0, 0.1) is 5.92 Å². The van der Waals surface area contributed by atoms with Crippen molar-refractivity contribution in [2.24, 2.45) is 11.0 Å². The van der Waals surface area contributed by atoms with Gasteiger partial charge in [0.1, 0.15) is 0 Å². The molecule has 0 heterocycles. The van der Waals surface area contributed by atoms with Crippen LogP contribution >= 0.6 is 0 Å². The lowest BCUT2D eigenvalue weighted by Gasteiger charge is -2.18. The molecule has 1 atom stereocenters. The van der Waals surface area contributed by atoms with E-state index in [1.165, 1.54) is 0 Å². The lowest BCUT2D eigenvalue weighted by atomic mass is 9.85. The normalized spacial score (nSPS) is 15.6. The minimum absolute atomic E-state index is 0.132. The Morgan fingerprint density at radius 2 is 1.47 bits per heavy atom. The molecule has 1 aliphatic rings. The number of carbonyl (C=O) groups excluding carboxylic acids is 2. The highest BCUT2D eigenvalue weighted by Crippen LogP contribution is 2.58. The van der Waals surface area contributed by atoms with E-state index in [0.29, 0.717) is 29.2 Å². The molecule has 0 spiro atoms. The van der Waals surface area contributed by atoms with E-state index in [0.717, 1.165) is 17.5 Å². The molecule has 5 rings (SSSR count). The average Bonchev–Trinajstić information content (AvgIpc) is 3.73. The van der Waals surface area contributed by atoms with Crippen molar-refractivity contribution in [2.45, 2.75) is 18.8 Å². The number of nitrogens with zero attached hydrogens (tertiary/aromatic N) is 1. The maximum atomic E-state index is 13.1. The van der Waals surface area contributed by atoms with Gasteiger partial charge in [0.15, 0.2) is 11.5 Å². The lowest BCUT2D eigenvalue weighted by Crippen LogP contribution is -2.25. The Kier molecular flexibility index (Phi) is 7.31. The molecule has 0 bridgehead atoms. The Labute approximate surface area is 221 Å². The fourth-order valence-electron chi connectivity index (χ4n) is 4.79. The molecule has 1 aliphatic carbocycles. The largest absolute Gasteiger partial charge is 0.490 e. The van der Waals surface area contributed by atoms with Crippen molar-refractivity contribution in [1.82, 2.24) is 5.43 Å². The third-order valence-corrected chi connectivity index (χ3v) is 6.72. The summed E-state index contributed by atoms with van der Waals surface area (Å²) in [4.78, 5) is 25.6. The molecule has 0 aromatic heterocycles. The topological polar surface area (TPSA) is 77.0 Å². The van der Waals surface area contributed by atoms with E-state index < -0.39 is 5.97 Å². The van der Waals surface area contributed by atoms with Crippen molar-refractivity contribution in [3.8, 4) is 11.5 Å². The van der Waals surface area contributed by atoms with E-state index in [2.05, 4.69) is 34.8 Å². The number of hydrogen-bond acceptors (Lipinski definition) is 5. The van der Waals surface area contributed by atoms with Crippen LogP contribution in [0.4, 0.5) is 0 Å². The summed E-state index contributed by atoms with van der Waals surface area (Å²) in [5.74, 6) is -0.0858. The third kappa shape index (κ3) is 5.20. The number of hydrazone groups is 1. The minimum atomic E-state index is -0.468. The van der Waals surface area contributed by atoms with Gasteiger partial charge in [0.2, 0.25) is 5.91 Å². The maximum absolute atomic E-state index is 13.1. The number of nitrogens with one attached hydrogen (secondary N) is 1. The summed E-state index contributed by atoms with van der Waals surface area (Å²) in [6.07, 6.45) is 2.27. The predicted octanol–water partition coefficient (Wildman–Crippen LogP) is 5.76. The van der Waals surface area contributed by atoms with Gasteiger partial charge < -0.3 is 9.47 Å². The van der Waals surface area contributed by atoms with Crippen molar-refractivity contribution >= 4 is 18.1 Å². The Bertz CT molecular complexity index is 1400. The van der Waals surface area contributed by atoms with E-state index >= 15 is 0 Å². The van der Waals surface area contributed by atoms with Crippen LogP contribution < -0.4 is 14.9 Å². The van der Waals surface area contributed by atoms with Gasteiger partial charge in [-0.05, 0) is 60.4 Å². The van der Waals surface area contributed by atoms with Gasteiger partial charge in [0.05, 0.1) is 24.3 Å². The molecule has 4 aromatic rings. The van der Waals surface area contributed by atoms with Crippen LogP contribution in [0.5, 0.6) is 11.5 Å². The highest BCUT2D eigenvalue weighted by atomic mass is 16.6. The standard InChI is InChI=1S/C32H28N2O4/c1-2-37-29-20-23(18-19-28(29)38-31(36)24-12-6-3-7-13-24)22-33-34-30(35)27-21-32(27,25-14-8-4-9-15-25)26-16-10-5-11-17-26/h3-20,22,27H,2,21H2,1H3,(H,34,35)/b33-22-/t27-/m1/s1. The monoisotopic (exact) mass is 504 g/mol. The molecule has 1 N–H and O–H groups in total. The third-order valence-electron chi connectivity index (χ3n) is 6.72. The van der Waals surface area contributed by atoms with Crippen LogP contribution in [-0.4, -0.2) is 24.7 Å². The molecular weight excluding hydrogens is 476 g/mol. The summed E-state index contributed by atoms with van der Waals surface area (Å²) in [6, 6.07) is 34.2. The zero-order valence-electron chi connectivity index (χ0n) is 21.0. The molecular formula is C32H28N2O4. The van der Waals surface area contributed by atoms with Gasteiger partial charge in [0.25, 0.3) is 0 Å². The van der Waals surface area contributed by atoms with Crippen LogP contribution in [-0.2, 0) is 10.2 Å². The van der Waals surface area contributed by atoms with Crippen LogP contribution in [0.1, 0.15) is 40.4 Å².